The maximum Gasteiger partial charge on any atom is 0.266 e. The van der Waals surface area contributed by atoms with E-state index < -0.39 is 0 Å². The molecule has 0 saturated carbocycles. The number of nitrogens with zero attached hydrogens (tertiary/aromatic N) is 6. The first-order chi connectivity index (χ1) is 14.6. The predicted molar refractivity (Wildman–Crippen MR) is 114 cm³/mol. The number of aromatic amines is 1. The minimum Gasteiger partial charge on any atom is -0.310 e. The fourth-order valence-corrected chi connectivity index (χ4v) is 3.59. The number of nitrogens with one attached hydrogen (secondary N) is 1. The molecule has 0 bridgehead atoms. The number of H-pyrrole nitrogens is 1. The van der Waals surface area contributed by atoms with E-state index in [4.69, 9.17) is 0 Å². The maximum absolute atomic E-state index is 13.1. The predicted octanol–water partition coefficient (Wildman–Crippen LogP) is 1.98. The van der Waals surface area contributed by atoms with Crippen molar-refractivity contribution in [2.75, 3.05) is 6.26 Å². The van der Waals surface area contributed by atoms with Gasteiger partial charge >= 0.3 is 0 Å². The molecule has 0 saturated heterocycles. The SMILES string of the molecule is CSc1n[nH]c(-n2ccc3nc4ccn(Cc5ccncc5)c(=O)c4cc3c2=O)n1. The monoisotopic (exact) mass is 417 g/mol. The van der Waals surface area contributed by atoms with E-state index in [0.29, 0.717) is 39.5 Å². The van der Waals surface area contributed by atoms with Gasteiger partial charge in [0.15, 0.2) is 0 Å². The number of hydrogen-bond donors (Lipinski definition) is 1. The van der Waals surface area contributed by atoms with Crippen molar-refractivity contribution < 1.29 is 0 Å². The largest absolute Gasteiger partial charge is 0.310 e. The summed E-state index contributed by atoms with van der Waals surface area (Å²) in [4.78, 5) is 38.9. The third kappa shape index (κ3) is 3.07. The van der Waals surface area contributed by atoms with E-state index in [2.05, 4.69) is 25.1 Å². The van der Waals surface area contributed by atoms with Crippen LogP contribution < -0.4 is 11.1 Å². The first-order valence-corrected chi connectivity index (χ1v) is 10.3. The van der Waals surface area contributed by atoms with Gasteiger partial charge in [0.05, 0.1) is 28.4 Å². The Kier molecular flexibility index (Phi) is 4.40. The molecular weight excluding hydrogens is 402 g/mol. The van der Waals surface area contributed by atoms with Crippen LogP contribution in [0.5, 0.6) is 0 Å². The highest BCUT2D eigenvalue weighted by atomic mass is 32.2. The Bertz CT molecular complexity index is 1510. The molecule has 9 nitrogen and oxygen atoms in total. The molecule has 0 radical (unpaired) electrons. The van der Waals surface area contributed by atoms with E-state index in [1.165, 1.54) is 16.3 Å². The van der Waals surface area contributed by atoms with Crippen molar-refractivity contribution in [2.24, 2.45) is 0 Å². The molecule has 0 aliphatic heterocycles. The molecule has 0 fully saturated rings. The van der Waals surface area contributed by atoms with Gasteiger partial charge in [-0.05, 0) is 42.2 Å². The van der Waals surface area contributed by atoms with Gasteiger partial charge in [0.2, 0.25) is 11.1 Å². The molecule has 5 aromatic rings. The van der Waals surface area contributed by atoms with Crippen molar-refractivity contribution >= 4 is 33.6 Å². The molecule has 5 rings (SSSR count). The normalized spacial score (nSPS) is 11.4. The highest BCUT2D eigenvalue weighted by Crippen LogP contribution is 2.16. The van der Waals surface area contributed by atoms with Crippen LogP contribution in [0, 0.1) is 0 Å². The van der Waals surface area contributed by atoms with Gasteiger partial charge in [0.1, 0.15) is 0 Å². The zero-order valence-electron chi connectivity index (χ0n) is 15.8. The van der Waals surface area contributed by atoms with Crippen molar-refractivity contribution in [1.29, 1.82) is 0 Å². The van der Waals surface area contributed by atoms with Gasteiger partial charge in [-0.1, -0.05) is 11.8 Å². The van der Waals surface area contributed by atoms with E-state index in [1.807, 2.05) is 18.4 Å². The number of pyridine rings is 4. The van der Waals surface area contributed by atoms with Crippen LogP contribution in [-0.4, -0.2) is 40.5 Å². The molecule has 0 spiro atoms. The summed E-state index contributed by atoms with van der Waals surface area (Å²) < 4.78 is 2.95. The summed E-state index contributed by atoms with van der Waals surface area (Å²) in [5.74, 6) is 0.314. The third-order valence-electron chi connectivity index (χ3n) is 4.78. The molecule has 1 N–H and O–H groups in total. The number of aromatic nitrogens is 7. The molecule has 0 aromatic carbocycles. The molecular formula is C20H15N7O2S. The van der Waals surface area contributed by atoms with Gasteiger partial charge in [-0.15, -0.1) is 5.10 Å². The van der Waals surface area contributed by atoms with Gasteiger partial charge in [-0.2, -0.15) is 4.98 Å². The van der Waals surface area contributed by atoms with Crippen molar-refractivity contribution in [3.63, 3.8) is 0 Å². The number of rotatable bonds is 4. The number of hydrogen-bond acceptors (Lipinski definition) is 7. The lowest BCUT2D eigenvalue weighted by molar-refractivity contribution is 0.766. The molecule has 0 amide bonds. The van der Waals surface area contributed by atoms with E-state index in [9.17, 15) is 9.59 Å². The van der Waals surface area contributed by atoms with Crippen LogP contribution in [0.4, 0.5) is 0 Å². The smallest absolute Gasteiger partial charge is 0.266 e. The molecule has 0 unspecified atom stereocenters. The lowest BCUT2D eigenvalue weighted by Gasteiger charge is -2.08. The Hall–Kier alpha value is -3.79. The molecule has 30 heavy (non-hydrogen) atoms. The number of thioether (sulfide) groups is 1. The zero-order valence-corrected chi connectivity index (χ0v) is 16.6. The Labute approximate surface area is 173 Å². The Morgan fingerprint density at radius 1 is 0.967 bits per heavy atom. The van der Waals surface area contributed by atoms with Gasteiger partial charge in [0, 0.05) is 24.8 Å². The molecule has 5 aromatic heterocycles. The second-order valence-corrected chi connectivity index (χ2v) is 7.37. The molecule has 0 atom stereocenters. The first kappa shape index (κ1) is 18.3. The molecule has 148 valence electrons. The van der Waals surface area contributed by atoms with E-state index in [1.54, 1.807) is 47.6 Å². The zero-order chi connectivity index (χ0) is 20.7. The van der Waals surface area contributed by atoms with Crippen LogP contribution in [0.2, 0.25) is 0 Å². The van der Waals surface area contributed by atoms with Gasteiger partial charge in [-0.3, -0.25) is 19.1 Å². The van der Waals surface area contributed by atoms with Crippen molar-refractivity contribution in [2.45, 2.75) is 11.7 Å². The standard InChI is InChI=1S/C20H15N7O2S/c1-30-20-23-19(24-25-20)27-9-5-16-14(18(27)29)10-13-15(22-16)4-8-26(17(13)28)11-12-2-6-21-7-3-12/h2-10H,11H2,1H3,(H,23,24,25). The fourth-order valence-electron chi connectivity index (χ4n) is 3.28. The highest BCUT2D eigenvalue weighted by molar-refractivity contribution is 7.98. The van der Waals surface area contributed by atoms with Crippen LogP contribution in [0.1, 0.15) is 5.56 Å². The molecule has 0 aliphatic rings. The summed E-state index contributed by atoms with van der Waals surface area (Å²) in [6, 6.07) is 8.82. The van der Waals surface area contributed by atoms with Crippen LogP contribution in [0.3, 0.4) is 0 Å². The summed E-state index contributed by atoms with van der Waals surface area (Å²) in [5.41, 5.74) is 1.48. The van der Waals surface area contributed by atoms with E-state index in [-0.39, 0.29) is 11.1 Å². The van der Waals surface area contributed by atoms with E-state index in [0.717, 1.165) is 5.56 Å². The Morgan fingerprint density at radius 3 is 2.43 bits per heavy atom. The fraction of sp³-hybridized carbons (Fsp3) is 0.100. The van der Waals surface area contributed by atoms with Crippen LogP contribution in [-0.2, 0) is 6.54 Å². The van der Waals surface area contributed by atoms with Crippen molar-refractivity contribution in [1.82, 2.24) is 34.3 Å². The lowest BCUT2D eigenvalue weighted by atomic mass is 10.2. The lowest BCUT2D eigenvalue weighted by Crippen LogP contribution is -2.22. The number of fused-ring (bicyclic) bond motifs is 2. The summed E-state index contributed by atoms with van der Waals surface area (Å²) in [6.45, 7) is 0.407. The average Bonchev–Trinajstić information content (AvgIpc) is 3.25. The highest BCUT2D eigenvalue weighted by Gasteiger charge is 2.13. The van der Waals surface area contributed by atoms with Crippen molar-refractivity contribution in [3.8, 4) is 5.95 Å². The van der Waals surface area contributed by atoms with Gasteiger partial charge in [0.25, 0.3) is 11.1 Å². The first-order valence-electron chi connectivity index (χ1n) is 9.05. The second-order valence-electron chi connectivity index (χ2n) is 6.59. The minimum atomic E-state index is -0.324. The third-order valence-corrected chi connectivity index (χ3v) is 5.33. The van der Waals surface area contributed by atoms with Crippen LogP contribution >= 0.6 is 11.8 Å². The van der Waals surface area contributed by atoms with Crippen LogP contribution in [0.15, 0.2) is 69.9 Å². The maximum atomic E-state index is 13.1. The summed E-state index contributed by atoms with van der Waals surface area (Å²) >= 11 is 1.37. The Morgan fingerprint density at radius 2 is 1.70 bits per heavy atom. The summed E-state index contributed by atoms with van der Waals surface area (Å²) in [6.07, 6.45) is 8.53. The topological polar surface area (TPSA) is 111 Å². The molecule has 5 heterocycles. The summed E-state index contributed by atoms with van der Waals surface area (Å²) in [5, 5.41) is 8.05. The van der Waals surface area contributed by atoms with E-state index >= 15 is 0 Å². The van der Waals surface area contributed by atoms with Crippen LogP contribution in [0.25, 0.3) is 27.8 Å². The summed E-state index contributed by atoms with van der Waals surface area (Å²) in [7, 11) is 0. The molecule has 0 aliphatic carbocycles. The second kappa shape index (κ2) is 7.23. The van der Waals surface area contributed by atoms with Gasteiger partial charge in [-0.25, -0.2) is 10.1 Å². The minimum absolute atomic E-state index is 0.210. The Balaban J connectivity index is 1.67. The quantitative estimate of drug-likeness (QED) is 0.352. The van der Waals surface area contributed by atoms with Crippen molar-refractivity contribution in [3.05, 3.63) is 81.4 Å². The van der Waals surface area contributed by atoms with Gasteiger partial charge < -0.3 is 4.57 Å². The molecule has 10 heteroatoms. The average molecular weight is 417 g/mol.